The molecule has 9 heteroatoms. The fourth-order valence-corrected chi connectivity index (χ4v) is 8.15. The van der Waals surface area contributed by atoms with Crippen LogP contribution >= 0.6 is 0 Å². The Morgan fingerprint density at radius 2 is 0.629 bits per heavy atom. The maximum atomic E-state index is 12.3. The molecule has 1 N–H and O–H groups in total. The van der Waals surface area contributed by atoms with Gasteiger partial charge >= 0.3 is 23.9 Å². The first-order valence-electron chi connectivity index (χ1n) is 26.6. The second-order valence-electron chi connectivity index (χ2n) is 18.1. The first kappa shape index (κ1) is 59.8. The summed E-state index contributed by atoms with van der Waals surface area (Å²) < 4.78 is 22.7. The summed E-state index contributed by atoms with van der Waals surface area (Å²) in [5.41, 5.74) is 0. The molecule has 0 amide bonds. The summed E-state index contributed by atoms with van der Waals surface area (Å²) in [6, 6.07) is 0. The summed E-state index contributed by atoms with van der Waals surface area (Å²) in [7, 11) is 0. The van der Waals surface area contributed by atoms with Crippen molar-refractivity contribution in [1.29, 1.82) is 0 Å². The van der Waals surface area contributed by atoms with Gasteiger partial charge in [-0.25, -0.2) is 0 Å². The number of carbonyl (C=O) groups is 4. The van der Waals surface area contributed by atoms with Gasteiger partial charge in [-0.2, -0.15) is 0 Å². The summed E-state index contributed by atoms with van der Waals surface area (Å²) in [4.78, 5) is 48.6. The lowest BCUT2D eigenvalue weighted by Crippen LogP contribution is -2.35. The smallest absolute Gasteiger partial charge is 0.305 e. The van der Waals surface area contributed by atoms with Crippen LogP contribution in [0.3, 0.4) is 0 Å². The molecule has 0 heterocycles. The highest BCUT2D eigenvalue weighted by molar-refractivity contribution is 5.70. The third-order valence-corrected chi connectivity index (χ3v) is 12.3. The predicted octanol–water partition coefficient (Wildman–Crippen LogP) is 14.9. The molecule has 0 aliphatic rings. The van der Waals surface area contributed by atoms with Crippen molar-refractivity contribution >= 4 is 23.9 Å². The largest absolute Gasteiger partial charge is 0.466 e. The van der Waals surface area contributed by atoms with Crippen molar-refractivity contribution in [2.24, 2.45) is 0 Å². The number of hydrogen-bond acceptors (Lipinski definition) is 9. The highest BCUT2D eigenvalue weighted by Gasteiger charge is 2.28. The zero-order chi connectivity index (χ0) is 45.7. The molecular weight excluding hydrogens is 781 g/mol. The van der Waals surface area contributed by atoms with E-state index in [2.05, 4.69) is 13.8 Å². The molecule has 0 aromatic heterocycles. The van der Waals surface area contributed by atoms with Crippen LogP contribution in [0.1, 0.15) is 285 Å². The zero-order valence-electron chi connectivity index (χ0n) is 41.3. The molecule has 0 aliphatic heterocycles. The van der Waals surface area contributed by atoms with Crippen LogP contribution in [0.25, 0.3) is 0 Å². The van der Waals surface area contributed by atoms with Gasteiger partial charge in [0.25, 0.3) is 0 Å². The average molecular weight is 881 g/mol. The number of hydrogen-bond donors (Lipinski definition) is 1. The van der Waals surface area contributed by atoms with Crippen molar-refractivity contribution in [3.8, 4) is 0 Å². The minimum atomic E-state index is -0.558. The van der Waals surface area contributed by atoms with Crippen LogP contribution in [0.15, 0.2) is 0 Å². The van der Waals surface area contributed by atoms with Crippen LogP contribution in [0.2, 0.25) is 0 Å². The normalized spacial score (nSPS) is 13.3. The monoisotopic (exact) mass is 881 g/mol. The molecule has 62 heavy (non-hydrogen) atoms. The third-order valence-electron chi connectivity index (χ3n) is 12.3. The molecule has 4 unspecified atom stereocenters. The lowest BCUT2D eigenvalue weighted by Gasteiger charge is -2.27. The molecular formula is C53H100O9. The van der Waals surface area contributed by atoms with Gasteiger partial charge in [0, 0.05) is 25.7 Å². The van der Waals surface area contributed by atoms with Gasteiger partial charge in [0.15, 0.2) is 0 Å². The highest BCUT2D eigenvalue weighted by atomic mass is 16.6. The molecule has 0 aromatic rings. The first-order valence-corrected chi connectivity index (χ1v) is 26.6. The van der Waals surface area contributed by atoms with Gasteiger partial charge in [0.05, 0.1) is 12.7 Å². The van der Waals surface area contributed by atoms with Crippen LogP contribution in [-0.2, 0) is 38.1 Å². The van der Waals surface area contributed by atoms with Crippen LogP contribution in [-0.4, -0.2) is 60.0 Å². The van der Waals surface area contributed by atoms with Crippen LogP contribution in [0, 0.1) is 0 Å². The Labute approximate surface area is 382 Å². The molecule has 0 saturated carbocycles. The Morgan fingerprint density at radius 1 is 0.339 bits per heavy atom. The van der Waals surface area contributed by atoms with E-state index in [1.807, 2.05) is 20.8 Å². The molecule has 9 nitrogen and oxygen atoms in total. The molecule has 0 aromatic carbocycles. The van der Waals surface area contributed by atoms with Gasteiger partial charge in [-0.15, -0.1) is 0 Å². The predicted molar refractivity (Wildman–Crippen MR) is 255 cm³/mol. The standard InChI is InChI=1S/C53H100O9/c1-6-11-13-15-29-35-41-47(60-50(55)8-3)46(54)40-34-28-24-20-17-18-23-27-33-39-45-59-53(58)44-38-32-26-22-19-21-25-31-37-43-49(62-52(57)10-5)48(61-51(56)9-4)42-36-30-16-14-12-7-2/h46-49,54H,6-45H2,1-5H3. The topological polar surface area (TPSA) is 125 Å². The molecule has 0 bridgehead atoms. The van der Waals surface area contributed by atoms with Crippen molar-refractivity contribution in [3.63, 3.8) is 0 Å². The number of ether oxygens (including phenoxy) is 4. The van der Waals surface area contributed by atoms with E-state index >= 15 is 0 Å². The summed E-state index contributed by atoms with van der Waals surface area (Å²) in [6.45, 7) is 10.4. The third kappa shape index (κ3) is 38.3. The summed E-state index contributed by atoms with van der Waals surface area (Å²) in [5.74, 6) is -0.718. The van der Waals surface area contributed by atoms with E-state index in [9.17, 15) is 24.3 Å². The Balaban J connectivity index is 3.90. The SMILES string of the molecule is CCCCCCCCC(OC(=O)CC)C(O)CCCCCCCCCCCCOC(=O)CCCCCCCCCCCC(OC(=O)CC)C(CCCCCCCC)OC(=O)CC. The van der Waals surface area contributed by atoms with Gasteiger partial charge in [0.2, 0.25) is 0 Å². The van der Waals surface area contributed by atoms with Crippen molar-refractivity contribution in [2.45, 2.75) is 309 Å². The van der Waals surface area contributed by atoms with Crippen molar-refractivity contribution < 1.29 is 43.2 Å². The van der Waals surface area contributed by atoms with E-state index in [4.69, 9.17) is 18.9 Å². The summed E-state index contributed by atoms with van der Waals surface area (Å²) >= 11 is 0. The van der Waals surface area contributed by atoms with E-state index in [0.717, 1.165) is 109 Å². The lowest BCUT2D eigenvalue weighted by molar-refractivity contribution is -0.169. The van der Waals surface area contributed by atoms with E-state index in [1.165, 1.54) is 109 Å². The number of esters is 4. The quantitative estimate of drug-likeness (QED) is 0.0361. The molecule has 0 radical (unpaired) electrons. The maximum absolute atomic E-state index is 12.3. The van der Waals surface area contributed by atoms with Crippen LogP contribution in [0.4, 0.5) is 0 Å². The van der Waals surface area contributed by atoms with E-state index in [1.54, 1.807) is 0 Å². The summed E-state index contributed by atoms with van der Waals surface area (Å²) in [5, 5.41) is 10.7. The number of carbonyl (C=O) groups excluding carboxylic acids is 4. The first-order chi connectivity index (χ1) is 30.2. The molecule has 0 rings (SSSR count). The van der Waals surface area contributed by atoms with Crippen molar-refractivity contribution in [1.82, 2.24) is 0 Å². The van der Waals surface area contributed by atoms with Gasteiger partial charge in [-0.1, -0.05) is 202 Å². The van der Waals surface area contributed by atoms with Crippen LogP contribution < -0.4 is 0 Å². The molecule has 366 valence electrons. The number of aliphatic hydroxyl groups excluding tert-OH is 1. The van der Waals surface area contributed by atoms with Gasteiger partial charge in [-0.05, 0) is 57.8 Å². The fraction of sp³-hybridized carbons (Fsp3) is 0.925. The second kappa shape index (κ2) is 45.4. The molecule has 4 atom stereocenters. The van der Waals surface area contributed by atoms with E-state index < -0.39 is 6.10 Å². The highest BCUT2D eigenvalue weighted by Crippen LogP contribution is 2.23. The Kier molecular flexibility index (Phi) is 43.8. The summed E-state index contributed by atoms with van der Waals surface area (Å²) in [6.07, 6.45) is 38.2. The number of unbranched alkanes of at least 4 members (excludes halogenated alkanes) is 27. The van der Waals surface area contributed by atoms with Crippen molar-refractivity contribution in [3.05, 3.63) is 0 Å². The molecule has 0 saturated heterocycles. The van der Waals surface area contributed by atoms with Gasteiger partial charge < -0.3 is 24.1 Å². The second-order valence-corrected chi connectivity index (χ2v) is 18.1. The van der Waals surface area contributed by atoms with Crippen molar-refractivity contribution in [2.75, 3.05) is 6.61 Å². The van der Waals surface area contributed by atoms with Gasteiger partial charge in [0.1, 0.15) is 18.3 Å². The number of rotatable bonds is 47. The minimum absolute atomic E-state index is 0.0607. The fourth-order valence-electron chi connectivity index (χ4n) is 8.15. The molecule has 0 fully saturated rings. The number of aliphatic hydroxyl groups is 1. The van der Waals surface area contributed by atoms with Gasteiger partial charge in [-0.3, -0.25) is 19.2 Å². The minimum Gasteiger partial charge on any atom is -0.466 e. The molecule has 0 aliphatic carbocycles. The zero-order valence-corrected chi connectivity index (χ0v) is 41.3. The lowest BCUT2D eigenvalue weighted by atomic mass is 9.98. The Bertz CT molecular complexity index is 1030. The Hall–Kier alpha value is -2.16. The van der Waals surface area contributed by atoms with Crippen LogP contribution in [0.5, 0.6) is 0 Å². The molecule has 0 spiro atoms. The Morgan fingerprint density at radius 3 is 1.00 bits per heavy atom. The average Bonchev–Trinajstić information content (AvgIpc) is 3.27. The maximum Gasteiger partial charge on any atom is 0.305 e. The van der Waals surface area contributed by atoms with E-state index in [0.29, 0.717) is 38.7 Å². The van der Waals surface area contributed by atoms with E-state index in [-0.39, 0.29) is 42.2 Å².